The van der Waals surface area contributed by atoms with Gasteiger partial charge >= 0.3 is 0 Å². The average molecular weight is 503 g/mol. The summed E-state index contributed by atoms with van der Waals surface area (Å²) >= 11 is 0. The standard InChI is InChI=1S/C33H58O3/c1-3-4-23-35-36-25-30-13-11-29(12-14-30)24-34-33-21-19-32(20-22-33)31-17-15-28(16-18-31)10-9-27-7-5-26(2)6-8-27/h9-10,26-33H,3-8,11-25H2,1-2H3. The van der Waals surface area contributed by atoms with E-state index in [4.69, 9.17) is 14.5 Å². The van der Waals surface area contributed by atoms with Gasteiger partial charge in [-0.15, -0.1) is 0 Å². The minimum absolute atomic E-state index is 0.534. The van der Waals surface area contributed by atoms with Crippen molar-refractivity contribution in [3.8, 4) is 0 Å². The number of rotatable bonds is 12. The molecule has 4 aliphatic carbocycles. The lowest BCUT2D eigenvalue weighted by Gasteiger charge is -2.38. The Kier molecular flexibility index (Phi) is 12.6. The van der Waals surface area contributed by atoms with Crippen LogP contribution in [0.15, 0.2) is 12.2 Å². The van der Waals surface area contributed by atoms with Crippen molar-refractivity contribution in [3.05, 3.63) is 12.2 Å². The van der Waals surface area contributed by atoms with Crippen molar-refractivity contribution in [1.82, 2.24) is 0 Å². The molecule has 0 N–H and O–H groups in total. The molecule has 0 spiro atoms. The van der Waals surface area contributed by atoms with E-state index in [9.17, 15) is 0 Å². The first kappa shape index (κ1) is 28.6. The molecule has 0 unspecified atom stereocenters. The molecule has 4 rings (SSSR count). The predicted molar refractivity (Wildman–Crippen MR) is 150 cm³/mol. The second-order valence-electron chi connectivity index (χ2n) is 13.3. The van der Waals surface area contributed by atoms with Gasteiger partial charge in [-0.1, -0.05) is 45.3 Å². The van der Waals surface area contributed by atoms with Crippen LogP contribution in [0.5, 0.6) is 0 Å². The minimum Gasteiger partial charge on any atom is -0.378 e. The van der Waals surface area contributed by atoms with Gasteiger partial charge in [-0.05, 0) is 138 Å². The Labute approximate surface area is 223 Å². The summed E-state index contributed by atoms with van der Waals surface area (Å²) in [6.45, 7) is 7.11. The fourth-order valence-corrected chi connectivity index (χ4v) is 7.57. The maximum atomic E-state index is 6.47. The summed E-state index contributed by atoms with van der Waals surface area (Å²) in [5.74, 6) is 6.13. The summed E-state index contributed by atoms with van der Waals surface area (Å²) < 4.78 is 6.47. The zero-order valence-electron chi connectivity index (χ0n) is 23.8. The fraction of sp³-hybridized carbons (Fsp3) is 0.939. The predicted octanol–water partition coefficient (Wildman–Crippen LogP) is 9.31. The van der Waals surface area contributed by atoms with Gasteiger partial charge in [0.2, 0.25) is 0 Å². The quantitative estimate of drug-likeness (QED) is 0.115. The Hall–Kier alpha value is -0.380. The van der Waals surface area contributed by atoms with Crippen molar-refractivity contribution in [2.75, 3.05) is 19.8 Å². The molecule has 36 heavy (non-hydrogen) atoms. The van der Waals surface area contributed by atoms with Crippen LogP contribution < -0.4 is 0 Å². The maximum absolute atomic E-state index is 6.47. The van der Waals surface area contributed by atoms with Crippen LogP contribution in [0.3, 0.4) is 0 Å². The molecule has 4 fully saturated rings. The van der Waals surface area contributed by atoms with E-state index in [2.05, 4.69) is 26.0 Å². The molecule has 3 heteroatoms. The van der Waals surface area contributed by atoms with Gasteiger partial charge in [0.1, 0.15) is 0 Å². The molecule has 0 aromatic carbocycles. The van der Waals surface area contributed by atoms with Gasteiger partial charge in [0.25, 0.3) is 0 Å². The number of hydrogen-bond acceptors (Lipinski definition) is 3. The molecule has 0 aromatic heterocycles. The summed E-state index contributed by atoms with van der Waals surface area (Å²) in [5, 5.41) is 0. The fourth-order valence-electron chi connectivity index (χ4n) is 7.57. The molecule has 0 amide bonds. The van der Waals surface area contributed by atoms with E-state index < -0.39 is 0 Å². The molecule has 0 saturated heterocycles. The summed E-state index contributed by atoms with van der Waals surface area (Å²) in [6.07, 6.45) is 30.2. The van der Waals surface area contributed by atoms with E-state index in [0.717, 1.165) is 68.2 Å². The molecule has 0 atom stereocenters. The van der Waals surface area contributed by atoms with E-state index >= 15 is 0 Å². The summed E-state index contributed by atoms with van der Waals surface area (Å²) in [6, 6.07) is 0. The van der Waals surface area contributed by atoms with E-state index in [0.29, 0.717) is 12.0 Å². The van der Waals surface area contributed by atoms with Gasteiger partial charge in [0, 0.05) is 6.61 Å². The van der Waals surface area contributed by atoms with Crippen LogP contribution in [0.2, 0.25) is 0 Å². The zero-order chi connectivity index (χ0) is 25.0. The van der Waals surface area contributed by atoms with Crippen LogP contribution in [0.4, 0.5) is 0 Å². The Morgan fingerprint density at radius 3 is 1.69 bits per heavy atom. The highest BCUT2D eigenvalue weighted by Gasteiger charge is 2.31. The van der Waals surface area contributed by atoms with Gasteiger partial charge in [0.05, 0.1) is 19.3 Å². The molecule has 4 aliphatic rings. The SMILES string of the molecule is CCCCOOCC1CCC(COC2CCC(C3CCC(C=CC4CCC(C)CC4)CC3)CC2)CC1. The monoisotopic (exact) mass is 502 g/mol. The van der Waals surface area contributed by atoms with Crippen molar-refractivity contribution < 1.29 is 14.5 Å². The van der Waals surface area contributed by atoms with Crippen molar-refractivity contribution in [2.45, 2.75) is 136 Å². The third-order valence-corrected chi connectivity index (χ3v) is 10.4. The van der Waals surface area contributed by atoms with E-state index in [1.54, 1.807) is 0 Å². The van der Waals surface area contributed by atoms with Crippen LogP contribution >= 0.6 is 0 Å². The Morgan fingerprint density at radius 1 is 0.583 bits per heavy atom. The first-order chi connectivity index (χ1) is 17.7. The lowest BCUT2D eigenvalue weighted by Crippen LogP contribution is -2.30. The number of allylic oxidation sites excluding steroid dienone is 2. The highest BCUT2D eigenvalue weighted by atomic mass is 17.2. The smallest absolute Gasteiger partial charge is 0.0850 e. The topological polar surface area (TPSA) is 27.7 Å². The largest absolute Gasteiger partial charge is 0.378 e. The van der Waals surface area contributed by atoms with Crippen LogP contribution in [-0.2, 0) is 14.5 Å². The number of unbranched alkanes of at least 4 members (excludes halogenated alkanes) is 1. The van der Waals surface area contributed by atoms with Gasteiger partial charge in [-0.2, -0.15) is 0 Å². The first-order valence-electron chi connectivity index (χ1n) is 16.2. The maximum Gasteiger partial charge on any atom is 0.0850 e. The summed E-state index contributed by atoms with van der Waals surface area (Å²) in [4.78, 5) is 10.7. The van der Waals surface area contributed by atoms with Crippen molar-refractivity contribution >= 4 is 0 Å². The Bertz CT molecular complexity index is 586. The molecule has 0 bridgehead atoms. The van der Waals surface area contributed by atoms with Gasteiger partial charge in [-0.3, -0.25) is 0 Å². The highest BCUT2D eigenvalue weighted by Crippen LogP contribution is 2.41. The molecular weight excluding hydrogens is 444 g/mol. The molecule has 3 nitrogen and oxygen atoms in total. The van der Waals surface area contributed by atoms with Gasteiger partial charge in [-0.25, -0.2) is 9.78 Å². The van der Waals surface area contributed by atoms with Gasteiger partial charge in [0.15, 0.2) is 0 Å². The third kappa shape index (κ3) is 9.73. The third-order valence-electron chi connectivity index (χ3n) is 10.4. The lowest BCUT2D eigenvalue weighted by atomic mass is 9.70. The van der Waals surface area contributed by atoms with Gasteiger partial charge < -0.3 is 4.74 Å². The Morgan fingerprint density at radius 2 is 1.11 bits per heavy atom. The van der Waals surface area contributed by atoms with Crippen LogP contribution in [0.25, 0.3) is 0 Å². The second kappa shape index (κ2) is 15.9. The molecular formula is C33H58O3. The summed E-state index contributed by atoms with van der Waals surface area (Å²) in [7, 11) is 0. The van der Waals surface area contributed by atoms with E-state index in [1.165, 1.54) is 103 Å². The average Bonchev–Trinajstić information content (AvgIpc) is 2.93. The molecule has 0 aromatic rings. The molecule has 208 valence electrons. The summed E-state index contributed by atoms with van der Waals surface area (Å²) in [5.41, 5.74) is 0. The van der Waals surface area contributed by atoms with Crippen molar-refractivity contribution in [1.29, 1.82) is 0 Å². The zero-order valence-corrected chi connectivity index (χ0v) is 23.8. The first-order valence-corrected chi connectivity index (χ1v) is 16.2. The second-order valence-corrected chi connectivity index (χ2v) is 13.3. The van der Waals surface area contributed by atoms with Crippen molar-refractivity contribution in [2.24, 2.45) is 41.4 Å². The number of hydrogen-bond donors (Lipinski definition) is 0. The van der Waals surface area contributed by atoms with Crippen LogP contribution in [-0.4, -0.2) is 25.9 Å². The number of ether oxygens (including phenoxy) is 1. The lowest BCUT2D eigenvalue weighted by molar-refractivity contribution is -0.302. The molecule has 4 saturated carbocycles. The molecule has 0 aliphatic heterocycles. The van der Waals surface area contributed by atoms with E-state index in [-0.39, 0.29) is 0 Å². The van der Waals surface area contributed by atoms with Crippen molar-refractivity contribution in [3.63, 3.8) is 0 Å². The van der Waals surface area contributed by atoms with Crippen LogP contribution in [0, 0.1) is 41.4 Å². The highest BCUT2D eigenvalue weighted by molar-refractivity contribution is 4.96. The van der Waals surface area contributed by atoms with E-state index in [1.807, 2.05) is 0 Å². The minimum atomic E-state index is 0.534. The Balaban J connectivity index is 1.03. The molecule has 0 heterocycles. The normalized spacial score (nSPS) is 38.4. The molecule has 0 radical (unpaired) electrons. The van der Waals surface area contributed by atoms with Crippen LogP contribution in [0.1, 0.15) is 129 Å².